The lowest BCUT2D eigenvalue weighted by Crippen LogP contribution is -2.27. The quantitative estimate of drug-likeness (QED) is 0.207. The van der Waals surface area contributed by atoms with Crippen LogP contribution < -0.4 is 4.90 Å². The van der Waals surface area contributed by atoms with Crippen molar-refractivity contribution >= 4 is 22.6 Å². The molecular formula is C43H31N. The Hall–Kier alpha value is -5.40. The first-order valence-corrected chi connectivity index (χ1v) is 15.6. The molecule has 208 valence electrons. The summed E-state index contributed by atoms with van der Waals surface area (Å²) in [6.45, 7) is 0. The second kappa shape index (κ2) is 9.82. The van der Waals surface area contributed by atoms with Crippen molar-refractivity contribution in [1.82, 2.24) is 0 Å². The number of rotatable bonds is 4. The first-order chi connectivity index (χ1) is 21.8. The highest BCUT2D eigenvalue weighted by Gasteiger charge is 2.52. The van der Waals surface area contributed by atoms with E-state index in [4.69, 9.17) is 0 Å². The van der Waals surface area contributed by atoms with Gasteiger partial charge >= 0.3 is 0 Å². The summed E-state index contributed by atoms with van der Waals surface area (Å²) in [5.74, 6) is 0. The van der Waals surface area contributed by atoms with Gasteiger partial charge in [0.15, 0.2) is 0 Å². The number of allylic oxidation sites excluding steroid dienone is 4. The SMILES string of the molecule is C1=CC2=C(CC1)c1ccccc1C21c2ccccc2-c2ccc(N(c3ccccc3)c3ccc(-c4ccccc4)cc3)cc21. The number of fused-ring (bicyclic) bond motifs is 9. The van der Waals surface area contributed by atoms with Crippen LogP contribution in [-0.4, -0.2) is 0 Å². The molecule has 0 aromatic heterocycles. The predicted molar refractivity (Wildman–Crippen MR) is 184 cm³/mol. The van der Waals surface area contributed by atoms with E-state index >= 15 is 0 Å². The maximum Gasteiger partial charge on any atom is 0.0722 e. The van der Waals surface area contributed by atoms with E-state index in [2.05, 4.69) is 169 Å². The molecule has 1 unspecified atom stereocenters. The summed E-state index contributed by atoms with van der Waals surface area (Å²) in [7, 11) is 0. The summed E-state index contributed by atoms with van der Waals surface area (Å²) in [6.07, 6.45) is 6.99. The van der Waals surface area contributed by atoms with Crippen LogP contribution in [0.4, 0.5) is 17.1 Å². The topological polar surface area (TPSA) is 3.24 Å². The first-order valence-electron chi connectivity index (χ1n) is 15.6. The Morgan fingerprint density at radius 3 is 1.80 bits per heavy atom. The van der Waals surface area contributed by atoms with Crippen LogP contribution in [0.15, 0.2) is 169 Å². The average Bonchev–Trinajstić information content (AvgIpc) is 3.57. The van der Waals surface area contributed by atoms with Crippen molar-refractivity contribution in [2.75, 3.05) is 4.90 Å². The van der Waals surface area contributed by atoms with Crippen LogP contribution in [0.1, 0.15) is 35.1 Å². The molecule has 1 spiro atoms. The highest BCUT2D eigenvalue weighted by atomic mass is 15.1. The molecule has 3 aliphatic rings. The van der Waals surface area contributed by atoms with Crippen LogP contribution in [0, 0.1) is 0 Å². The Kier molecular flexibility index (Phi) is 5.61. The number of para-hydroxylation sites is 1. The van der Waals surface area contributed by atoms with Crippen LogP contribution in [0.3, 0.4) is 0 Å². The zero-order valence-electron chi connectivity index (χ0n) is 24.4. The number of hydrogen-bond acceptors (Lipinski definition) is 1. The third kappa shape index (κ3) is 3.53. The second-order valence-electron chi connectivity index (χ2n) is 12.0. The Morgan fingerprint density at radius 1 is 0.455 bits per heavy atom. The van der Waals surface area contributed by atoms with E-state index in [1.165, 1.54) is 61.3 Å². The summed E-state index contributed by atoms with van der Waals surface area (Å²) in [5.41, 5.74) is 16.8. The monoisotopic (exact) mass is 561 g/mol. The van der Waals surface area contributed by atoms with Gasteiger partial charge in [-0.05, 0) is 105 Å². The van der Waals surface area contributed by atoms with Gasteiger partial charge in [-0.1, -0.05) is 127 Å². The zero-order valence-corrected chi connectivity index (χ0v) is 24.4. The van der Waals surface area contributed by atoms with Crippen LogP contribution in [0.2, 0.25) is 0 Å². The Bertz CT molecular complexity index is 2100. The van der Waals surface area contributed by atoms with Crippen molar-refractivity contribution in [3.05, 3.63) is 192 Å². The highest BCUT2D eigenvalue weighted by Crippen LogP contribution is 2.63. The molecule has 3 aliphatic carbocycles. The maximum absolute atomic E-state index is 2.47. The zero-order chi connectivity index (χ0) is 29.1. The number of hydrogen-bond donors (Lipinski definition) is 0. The van der Waals surface area contributed by atoms with Gasteiger partial charge in [-0.15, -0.1) is 0 Å². The molecule has 9 rings (SSSR count). The summed E-state index contributed by atoms with van der Waals surface area (Å²) < 4.78 is 0. The summed E-state index contributed by atoms with van der Waals surface area (Å²) >= 11 is 0. The minimum atomic E-state index is -0.315. The van der Waals surface area contributed by atoms with Gasteiger partial charge < -0.3 is 4.90 Å². The van der Waals surface area contributed by atoms with E-state index < -0.39 is 0 Å². The molecule has 1 nitrogen and oxygen atoms in total. The van der Waals surface area contributed by atoms with Gasteiger partial charge in [-0.25, -0.2) is 0 Å². The first kappa shape index (κ1) is 25.1. The van der Waals surface area contributed by atoms with Crippen molar-refractivity contribution in [3.63, 3.8) is 0 Å². The van der Waals surface area contributed by atoms with Crippen LogP contribution in [0.5, 0.6) is 0 Å². The molecule has 0 aliphatic heterocycles. The Labute approximate surface area is 259 Å². The molecule has 0 saturated heterocycles. The van der Waals surface area contributed by atoms with Gasteiger partial charge in [0.1, 0.15) is 0 Å². The third-order valence-corrected chi connectivity index (χ3v) is 9.76. The van der Waals surface area contributed by atoms with E-state index in [-0.39, 0.29) is 5.41 Å². The average molecular weight is 562 g/mol. The van der Waals surface area contributed by atoms with E-state index in [1.807, 2.05) is 0 Å². The third-order valence-electron chi connectivity index (χ3n) is 9.76. The van der Waals surface area contributed by atoms with E-state index in [0.717, 1.165) is 24.2 Å². The fraction of sp³-hybridized carbons (Fsp3) is 0.0698. The largest absolute Gasteiger partial charge is 0.310 e. The number of nitrogens with zero attached hydrogens (tertiary/aromatic N) is 1. The molecule has 0 saturated carbocycles. The lowest BCUT2D eigenvalue weighted by molar-refractivity contribution is 0.780. The molecule has 0 bridgehead atoms. The molecule has 1 atom stereocenters. The van der Waals surface area contributed by atoms with Crippen molar-refractivity contribution in [2.45, 2.75) is 18.3 Å². The fourth-order valence-electron chi connectivity index (χ4n) is 7.96. The van der Waals surface area contributed by atoms with Crippen LogP contribution in [-0.2, 0) is 5.41 Å². The lowest BCUT2D eigenvalue weighted by Gasteiger charge is -2.33. The molecule has 0 fully saturated rings. The van der Waals surface area contributed by atoms with Crippen LogP contribution >= 0.6 is 0 Å². The Balaban J connectivity index is 1.27. The molecule has 44 heavy (non-hydrogen) atoms. The normalized spacial score (nSPS) is 17.3. The van der Waals surface area contributed by atoms with E-state index in [0.29, 0.717) is 0 Å². The highest BCUT2D eigenvalue weighted by molar-refractivity contribution is 5.97. The standard InChI is InChI=1S/C43H31N/c1-3-13-30(14-4-1)31-23-25-33(26-24-31)44(32-15-5-2-6-16-32)34-27-28-38-37-19-9-12-22-41(37)43(42(38)29-34)39-20-10-7-17-35(39)36-18-8-11-21-40(36)43/h1-7,9-17,19-29H,8,18H2. The second-order valence-corrected chi connectivity index (χ2v) is 12.0. The van der Waals surface area contributed by atoms with Gasteiger partial charge in [0.05, 0.1) is 5.41 Å². The van der Waals surface area contributed by atoms with Gasteiger partial charge in [0.25, 0.3) is 0 Å². The summed E-state index contributed by atoms with van der Waals surface area (Å²) in [5, 5.41) is 0. The van der Waals surface area contributed by atoms with Crippen molar-refractivity contribution in [3.8, 4) is 22.3 Å². The molecule has 6 aromatic carbocycles. The minimum absolute atomic E-state index is 0.315. The number of anilines is 3. The predicted octanol–water partition coefficient (Wildman–Crippen LogP) is 11.3. The Morgan fingerprint density at radius 2 is 1.02 bits per heavy atom. The van der Waals surface area contributed by atoms with Crippen molar-refractivity contribution in [1.29, 1.82) is 0 Å². The molecule has 1 heteroatoms. The van der Waals surface area contributed by atoms with Gasteiger partial charge in [-0.2, -0.15) is 0 Å². The fourth-order valence-corrected chi connectivity index (χ4v) is 7.96. The molecular weight excluding hydrogens is 530 g/mol. The molecule has 0 heterocycles. The van der Waals surface area contributed by atoms with E-state index in [9.17, 15) is 0 Å². The van der Waals surface area contributed by atoms with Gasteiger partial charge in [0.2, 0.25) is 0 Å². The van der Waals surface area contributed by atoms with E-state index in [1.54, 1.807) is 0 Å². The van der Waals surface area contributed by atoms with Gasteiger partial charge in [0, 0.05) is 17.1 Å². The molecule has 0 amide bonds. The summed E-state index contributed by atoms with van der Waals surface area (Å²) in [6, 6.07) is 55.7. The maximum atomic E-state index is 2.47. The summed E-state index contributed by atoms with van der Waals surface area (Å²) in [4.78, 5) is 2.40. The molecule has 0 N–H and O–H groups in total. The molecule has 6 aromatic rings. The van der Waals surface area contributed by atoms with Crippen molar-refractivity contribution in [2.24, 2.45) is 0 Å². The van der Waals surface area contributed by atoms with Crippen LogP contribution in [0.25, 0.3) is 27.8 Å². The smallest absolute Gasteiger partial charge is 0.0722 e. The van der Waals surface area contributed by atoms with Gasteiger partial charge in [-0.3, -0.25) is 0 Å². The lowest BCUT2D eigenvalue weighted by atomic mass is 9.69. The molecule has 0 radical (unpaired) electrons. The minimum Gasteiger partial charge on any atom is -0.310 e. The number of benzene rings is 6. The van der Waals surface area contributed by atoms with Crippen molar-refractivity contribution < 1.29 is 0 Å².